The average molecular weight is 299 g/mol. The number of anilines is 1. The van der Waals surface area contributed by atoms with Crippen molar-refractivity contribution in [3.05, 3.63) is 14.6 Å². The number of unbranched alkanes of at least 4 members (excludes halogenated alkanes) is 1. The van der Waals surface area contributed by atoms with Gasteiger partial charge in [0, 0.05) is 13.6 Å². The van der Waals surface area contributed by atoms with E-state index >= 15 is 0 Å². The lowest BCUT2D eigenvalue weighted by molar-refractivity contribution is 0.327. The second-order valence-electron chi connectivity index (χ2n) is 5.27. The summed E-state index contributed by atoms with van der Waals surface area (Å²) in [4.78, 5) is 4.69. The third-order valence-electron chi connectivity index (χ3n) is 3.61. The van der Waals surface area contributed by atoms with Crippen molar-refractivity contribution >= 4 is 30.1 Å². The first-order valence-corrected chi connectivity index (χ1v) is 8.06. The highest BCUT2D eigenvalue weighted by molar-refractivity contribution is 7.74. The third kappa shape index (κ3) is 4.33. The van der Waals surface area contributed by atoms with Gasteiger partial charge in [0.15, 0.2) is 0 Å². The normalized spacial score (nSPS) is 11.4. The molecule has 0 aliphatic heterocycles. The number of hydrogen-bond donors (Lipinski definition) is 0. The fourth-order valence-corrected chi connectivity index (χ4v) is 3.23. The molecule has 0 N–H and O–H groups in total. The lowest BCUT2D eigenvalue weighted by atomic mass is 10.1. The minimum Gasteiger partial charge on any atom is -0.373 e. The molecule has 0 radical (unpaired) electrons. The Hall–Kier alpha value is -0.320. The highest BCUT2D eigenvalue weighted by Gasteiger charge is 2.16. The van der Waals surface area contributed by atoms with Gasteiger partial charge in [0.05, 0.1) is 14.7 Å². The minimum absolute atomic E-state index is 0.900. The van der Waals surface area contributed by atoms with E-state index in [1.807, 2.05) is 0 Å². The van der Waals surface area contributed by atoms with Crippen LogP contribution in [0.25, 0.3) is 0 Å². The van der Waals surface area contributed by atoms with Crippen LogP contribution in [0, 0.1) is 9.02 Å². The maximum absolute atomic E-state index is 5.35. The molecule has 0 aliphatic rings. The molecule has 0 bridgehead atoms. The molecule has 0 aliphatic carbocycles. The standard InChI is InChI=1S/C15H26N2S2/c1-5-9-16(3)10-7-8-11-17(4)13-12(6-2)14(18)15(13)19/h5-11H2,1-4H3. The van der Waals surface area contributed by atoms with E-state index in [1.54, 1.807) is 0 Å². The largest absolute Gasteiger partial charge is 0.373 e. The van der Waals surface area contributed by atoms with Crippen LogP contribution in [0.3, 0.4) is 0 Å². The van der Waals surface area contributed by atoms with E-state index in [-0.39, 0.29) is 0 Å². The van der Waals surface area contributed by atoms with Crippen LogP contribution in [0.1, 0.15) is 38.7 Å². The SMILES string of the molecule is CCCN(C)CCCCN(C)c1c(CC)c(=S)c1=S. The van der Waals surface area contributed by atoms with Gasteiger partial charge in [-0.3, -0.25) is 0 Å². The molecule has 1 aromatic rings. The van der Waals surface area contributed by atoms with Gasteiger partial charge in [-0.05, 0) is 51.4 Å². The second kappa shape index (κ2) is 8.08. The number of rotatable bonds is 9. The molecule has 0 saturated heterocycles. The van der Waals surface area contributed by atoms with E-state index in [1.165, 1.54) is 43.6 Å². The first-order valence-electron chi connectivity index (χ1n) is 7.24. The fraction of sp³-hybridized carbons (Fsp3) is 0.733. The Bertz CT molecular complexity index is 461. The summed E-state index contributed by atoms with van der Waals surface area (Å²) in [5.41, 5.74) is 2.51. The minimum atomic E-state index is 0.900. The van der Waals surface area contributed by atoms with Gasteiger partial charge >= 0.3 is 0 Å². The topological polar surface area (TPSA) is 6.48 Å². The molecule has 19 heavy (non-hydrogen) atoms. The molecule has 0 amide bonds. The fourth-order valence-electron chi connectivity index (χ4n) is 2.49. The summed E-state index contributed by atoms with van der Waals surface area (Å²) < 4.78 is 1.82. The average Bonchev–Trinajstić information content (AvgIpc) is 2.39. The van der Waals surface area contributed by atoms with Crippen molar-refractivity contribution in [2.45, 2.75) is 39.5 Å². The van der Waals surface area contributed by atoms with Gasteiger partial charge in [-0.2, -0.15) is 0 Å². The molecule has 2 nitrogen and oxygen atoms in total. The Morgan fingerprint density at radius 1 is 0.895 bits per heavy atom. The lowest BCUT2D eigenvalue weighted by Gasteiger charge is -2.25. The second-order valence-corrected chi connectivity index (χ2v) is 6.09. The van der Waals surface area contributed by atoms with Gasteiger partial charge in [0.2, 0.25) is 0 Å². The summed E-state index contributed by atoms with van der Waals surface area (Å²) in [7, 11) is 4.33. The van der Waals surface area contributed by atoms with Gasteiger partial charge in [-0.1, -0.05) is 38.3 Å². The summed E-state index contributed by atoms with van der Waals surface area (Å²) in [6, 6.07) is 0. The summed E-state index contributed by atoms with van der Waals surface area (Å²) >= 11 is 10.6. The molecule has 1 rings (SSSR count). The molecule has 0 spiro atoms. The Balaban J connectivity index is 2.36. The molecule has 0 fully saturated rings. The van der Waals surface area contributed by atoms with Crippen LogP contribution in [-0.4, -0.2) is 38.6 Å². The summed E-state index contributed by atoms with van der Waals surface area (Å²) in [6.07, 6.45) is 4.68. The summed E-state index contributed by atoms with van der Waals surface area (Å²) in [5, 5.41) is 0. The van der Waals surface area contributed by atoms with Gasteiger partial charge in [-0.25, -0.2) is 0 Å². The predicted octanol–water partition coefficient (Wildman–Crippen LogP) is 4.14. The van der Waals surface area contributed by atoms with Gasteiger partial charge in [0.1, 0.15) is 0 Å². The zero-order chi connectivity index (χ0) is 14.4. The van der Waals surface area contributed by atoms with E-state index in [9.17, 15) is 0 Å². The molecule has 0 saturated carbocycles. The van der Waals surface area contributed by atoms with Crippen LogP contribution < -0.4 is 4.90 Å². The maximum Gasteiger partial charge on any atom is 0.0798 e. The molecule has 108 valence electrons. The van der Waals surface area contributed by atoms with Crippen molar-refractivity contribution in [2.24, 2.45) is 0 Å². The van der Waals surface area contributed by atoms with Gasteiger partial charge in [-0.15, -0.1) is 0 Å². The molecule has 0 atom stereocenters. The van der Waals surface area contributed by atoms with Crippen LogP contribution in [0.15, 0.2) is 0 Å². The Kier molecular flexibility index (Phi) is 7.11. The quantitative estimate of drug-likeness (QED) is 0.499. The molecule has 1 aromatic carbocycles. The first kappa shape index (κ1) is 16.7. The first-order chi connectivity index (χ1) is 9.02. The molecule has 0 unspecified atom stereocenters. The van der Waals surface area contributed by atoms with Crippen LogP contribution >= 0.6 is 24.4 Å². The van der Waals surface area contributed by atoms with Crippen LogP contribution in [0.2, 0.25) is 0 Å². The molecule has 0 aromatic heterocycles. The van der Waals surface area contributed by atoms with Gasteiger partial charge in [0.25, 0.3) is 0 Å². The molecule has 4 heteroatoms. The van der Waals surface area contributed by atoms with E-state index in [0.29, 0.717) is 0 Å². The smallest absolute Gasteiger partial charge is 0.0798 e. The van der Waals surface area contributed by atoms with E-state index in [4.69, 9.17) is 24.4 Å². The van der Waals surface area contributed by atoms with Crippen LogP contribution in [-0.2, 0) is 6.42 Å². The Morgan fingerprint density at radius 2 is 1.53 bits per heavy atom. The zero-order valence-electron chi connectivity index (χ0n) is 12.7. The highest BCUT2D eigenvalue weighted by Crippen LogP contribution is 2.30. The van der Waals surface area contributed by atoms with Crippen molar-refractivity contribution < 1.29 is 0 Å². The predicted molar refractivity (Wildman–Crippen MR) is 90.2 cm³/mol. The van der Waals surface area contributed by atoms with E-state index in [0.717, 1.165) is 22.0 Å². The molecular weight excluding hydrogens is 272 g/mol. The number of nitrogens with zero attached hydrogens (tertiary/aromatic N) is 2. The summed E-state index contributed by atoms with van der Waals surface area (Å²) in [5.74, 6) is 0. The highest BCUT2D eigenvalue weighted by atomic mass is 32.1. The Labute approximate surface area is 128 Å². The zero-order valence-corrected chi connectivity index (χ0v) is 14.3. The van der Waals surface area contributed by atoms with E-state index < -0.39 is 0 Å². The van der Waals surface area contributed by atoms with Crippen molar-refractivity contribution in [2.75, 3.05) is 38.6 Å². The Morgan fingerprint density at radius 3 is 2.11 bits per heavy atom. The molecule has 0 heterocycles. The van der Waals surface area contributed by atoms with E-state index in [2.05, 4.69) is 37.7 Å². The van der Waals surface area contributed by atoms with Gasteiger partial charge < -0.3 is 9.80 Å². The van der Waals surface area contributed by atoms with Crippen molar-refractivity contribution in [3.63, 3.8) is 0 Å². The van der Waals surface area contributed by atoms with Crippen LogP contribution in [0.4, 0.5) is 5.69 Å². The van der Waals surface area contributed by atoms with Crippen LogP contribution in [0.5, 0.6) is 0 Å². The monoisotopic (exact) mass is 298 g/mol. The van der Waals surface area contributed by atoms with Crippen molar-refractivity contribution in [1.29, 1.82) is 0 Å². The lowest BCUT2D eigenvalue weighted by Crippen LogP contribution is -2.25. The third-order valence-corrected chi connectivity index (χ3v) is 4.58. The summed E-state index contributed by atoms with van der Waals surface area (Å²) in [6.45, 7) is 7.82. The maximum atomic E-state index is 5.35. The molecular formula is C15H26N2S2. The van der Waals surface area contributed by atoms with Crippen molar-refractivity contribution in [1.82, 2.24) is 4.90 Å². The number of hydrogen-bond acceptors (Lipinski definition) is 4. The van der Waals surface area contributed by atoms with Crippen molar-refractivity contribution in [3.8, 4) is 0 Å².